The molecule has 1 aromatic rings. The van der Waals surface area contributed by atoms with E-state index in [1.165, 1.54) is 12.1 Å². The van der Waals surface area contributed by atoms with E-state index >= 15 is 0 Å². The van der Waals surface area contributed by atoms with Gasteiger partial charge in [-0.3, -0.25) is 4.79 Å². The predicted octanol–water partition coefficient (Wildman–Crippen LogP) is 4.67. The number of benzene rings is 1. The van der Waals surface area contributed by atoms with E-state index < -0.39 is 41.7 Å². The van der Waals surface area contributed by atoms with Gasteiger partial charge in [0.25, 0.3) is 5.41 Å². The van der Waals surface area contributed by atoms with Crippen molar-refractivity contribution >= 4 is 34.5 Å². The Balaban J connectivity index is 3.49. The van der Waals surface area contributed by atoms with E-state index in [1.807, 2.05) is 22.6 Å². The average Bonchev–Trinajstić information content (AvgIpc) is 2.43. The smallest absolute Gasteiger partial charge is 0.417 e. The molecule has 0 spiro atoms. The quantitative estimate of drug-likeness (QED) is 0.365. The molecule has 0 aliphatic carbocycles. The zero-order chi connectivity index (χ0) is 20.5. The van der Waals surface area contributed by atoms with E-state index in [1.54, 1.807) is 0 Å². The zero-order valence-electron chi connectivity index (χ0n) is 13.3. The lowest BCUT2D eigenvalue weighted by Crippen LogP contribution is -2.64. The summed E-state index contributed by atoms with van der Waals surface area (Å²) in [4.78, 5) is 23.2. The molecule has 1 aromatic carbocycles. The maximum absolute atomic E-state index is 13.3. The van der Waals surface area contributed by atoms with Crippen LogP contribution in [-0.2, 0) is 9.53 Å². The van der Waals surface area contributed by atoms with E-state index in [0.29, 0.717) is 3.57 Å². The summed E-state index contributed by atoms with van der Waals surface area (Å²) in [6, 6.07) is 5.06. The van der Waals surface area contributed by atoms with Gasteiger partial charge in [0.1, 0.15) is 6.10 Å². The first-order valence-corrected chi connectivity index (χ1v) is 8.07. The van der Waals surface area contributed by atoms with Crippen LogP contribution in [0.2, 0.25) is 0 Å². The van der Waals surface area contributed by atoms with Gasteiger partial charge in [-0.25, -0.2) is 4.79 Å². The molecule has 0 saturated carbocycles. The van der Waals surface area contributed by atoms with Crippen LogP contribution in [0.25, 0.3) is 0 Å². The summed E-state index contributed by atoms with van der Waals surface area (Å²) >= 11 is 1.87. The maximum Gasteiger partial charge on any atom is 0.417 e. The van der Waals surface area contributed by atoms with E-state index in [2.05, 4.69) is 4.74 Å². The van der Waals surface area contributed by atoms with Crippen LogP contribution in [0.4, 0.5) is 26.3 Å². The van der Waals surface area contributed by atoms with Crippen molar-refractivity contribution in [2.24, 2.45) is 11.3 Å². The van der Waals surface area contributed by atoms with Crippen LogP contribution in [-0.4, -0.2) is 35.5 Å². The Kier molecular flexibility index (Phi) is 6.59. The zero-order valence-corrected chi connectivity index (χ0v) is 15.4. The Hall–Kier alpha value is -1.53. The molecule has 0 amide bonds. The Morgan fingerprint density at radius 3 is 1.73 bits per heavy atom. The number of carboxylic acid groups (broad SMARTS) is 1. The van der Waals surface area contributed by atoms with Crippen molar-refractivity contribution in [2.45, 2.75) is 32.3 Å². The number of hydrogen-bond acceptors (Lipinski definition) is 3. The molecule has 0 aromatic heterocycles. The minimum absolute atomic E-state index is 0.306. The van der Waals surface area contributed by atoms with Crippen LogP contribution in [0.5, 0.6) is 0 Å². The fraction of sp³-hybridized carbons (Fsp3) is 0.467. The number of halogens is 7. The molecule has 0 saturated heterocycles. The van der Waals surface area contributed by atoms with Gasteiger partial charge in [0.2, 0.25) is 0 Å². The summed E-state index contributed by atoms with van der Waals surface area (Å²) in [5, 5.41) is 8.90. The van der Waals surface area contributed by atoms with Crippen molar-refractivity contribution < 1.29 is 45.8 Å². The fourth-order valence-electron chi connectivity index (χ4n) is 2.34. The third-order valence-electron chi connectivity index (χ3n) is 3.58. The first-order chi connectivity index (χ1) is 11.7. The topological polar surface area (TPSA) is 63.6 Å². The van der Waals surface area contributed by atoms with Crippen molar-refractivity contribution in [1.29, 1.82) is 0 Å². The monoisotopic (exact) mass is 498 g/mol. The highest BCUT2D eigenvalue weighted by Gasteiger charge is 2.81. The number of ether oxygens (including phenoxy) is 1. The van der Waals surface area contributed by atoms with Crippen molar-refractivity contribution in [2.75, 3.05) is 0 Å². The van der Waals surface area contributed by atoms with Crippen molar-refractivity contribution in [3.63, 3.8) is 0 Å². The van der Waals surface area contributed by atoms with Crippen LogP contribution in [0.15, 0.2) is 24.3 Å². The van der Waals surface area contributed by atoms with Gasteiger partial charge in [-0.15, -0.1) is 0 Å². The fourth-order valence-corrected chi connectivity index (χ4v) is 2.70. The predicted molar refractivity (Wildman–Crippen MR) is 85.4 cm³/mol. The van der Waals surface area contributed by atoms with Crippen LogP contribution in [0, 0.1) is 14.9 Å². The molecule has 4 nitrogen and oxygen atoms in total. The Bertz CT molecular complexity index is 652. The summed E-state index contributed by atoms with van der Waals surface area (Å²) in [5.41, 5.74) is -5.56. The minimum Gasteiger partial charge on any atom is -0.480 e. The highest BCUT2D eigenvalue weighted by atomic mass is 127. The highest BCUT2D eigenvalue weighted by molar-refractivity contribution is 14.1. The molecule has 0 heterocycles. The first kappa shape index (κ1) is 22.5. The highest BCUT2D eigenvalue weighted by Crippen LogP contribution is 2.55. The van der Waals surface area contributed by atoms with Crippen LogP contribution in [0.3, 0.4) is 0 Å². The number of carbonyl (C=O) groups excluding carboxylic acids is 1. The lowest BCUT2D eigenvalue weighted by Gasteiger charge is -2.40. The number of esters is 1. The molecule has 1 N–H and O–H groups in total. The number of carbonyl (C=O) groups is 2. The molecule has 1 atom stereocenters. The lowest BCUT2D eigenvalue weighted by atomic mass is 9.75. The number of carboxylic acids is 1. The minimum atomic E-state index is -6.25. The van der Waals surface area contributed by atoms with E-state index in [4.69, 9.17) is 5.11 Å². The van der Waals surface area contributed by atoms with Crippen LogP contribution < -0.4 is 0 Å². The molecule has 1 unspecified atom stereocenters. The molecule has 0 radical (unpaired) electrons. The third kappa shape index (κ3) is 4.07. The second kappa shape index (κ2) is 7.61. The molecule has 146 valence electrons. The molecular weight excluding hydrogens is 485 g/mol. The van der Waals surface area contributed by atoms with Crippen LogP contribution >= 0.6 is 22.6 Å². The second-order valence-electron chi connectivity index (χ2n) is 5.69. The molecule has 0 fully saturated rings. The van der Waals surface area contributed by atoms with Gasteiger partial charge in [0.05, 0.1) is 5.56 Å². The van der Waals surface area contributed by atoms with E-state index in [0.717, 1.165) is 26.0 Å². The van der Waals surface area contributed by atoms with Gasteiger partial charge in [0.15, 0.2) is 0 Å². The van der Waals surface area contributed by atoms with Gasteiger partial charge < -0.3 is 9.84 Å². The van der Waals surface area contributed by atoms with Gasteiger partial charge in [-0.05, 0) is 52.8 Å². The SMILES string of the molecule is CC(C)C(OC(=O)c1ccc(I)cc1)C(C(=O)O)(C(F)(F)F)C(F)(F)F. The molecule has 0 aliphatic rings. The van der Waals surface area contributed by atoms with E-state index in [-0.39, 0.29) is 5.56 Å². The second-order valence-corrected chi connectivity index (χ2v) is 6.93. The van der Waals surface area contributed by atoms with Crippen molar-refractivity contribution in [3.05, 3.63) is 33.4 Å². The maximum atomic E-state index is 13.3. The van der Waals surface area contributed by atoms with Crippen molar-refractivity contribution in [1.82, 2.24) is 0 Å². The van der Waals surface area contributed by atoms with Gasteiger partial charge >= 0.3 is 24.3 Å². The summed E-state index contributed by atoms with van der Waals surface area (Å²) in [6.45, 7) is 1.81. The number of rotatable bonds is 5. The standard InChI is InChI=1S/C15H13F6IO4/c1-7(2)10(26-11(23)8-3-5-9(22)6-4-8)13(12(24)25,14(16,17)18)15(19,20)21/h3-7,10H,1-2H3,(H,24,25). The third-order valence-corrected chi connectivity index (χ3v) is 4.30. The summed E-state index contributed by atoms with van der Waals surface area (Å²) in [5.74, 6) is -6.27. The summed E-state index contributed by atoms with van der Waals surface area (Å²) < 4.78 is 85.2. The van der Waals surface area contributed by atoms with Crippen LogP contribution in [0.1, 0.15) is 24.2 Å². The van der Waals surface area contributed by atoms with Gasteiger partial charge in [0, 0.05) is 3.57 Å². The van der Waals surface area contributed by atoms with E-state index in [9.17, 15) is 35.9 Å². The van der Waals surface area contributed by atoms with Gasteiger partial charge in [-0.2, -0.15) is 26.3 Å². The Labute approximate surface area is 157 Å². The molecule has 0 bridgehead atoms. The Morgan fingerprint density at radius 1 is 1.00 bits per heavy atom. The largest absolute Gasteiger partial charge is 0.480 e. The summed E-state index contributed by atoms with van der Waals surface area (Å²) in [7, 11) is 0. The molecule has 11 heteroatoms. The van der Waals surface area contributed by atoms with Gasteiger partial charge in [-0.1, -0.05) is 13.8 Å². The normalized spacial score (nSPS) is 14.2. The molecule has 0 aliphatic heterocycles. The molecule has 26 heavy (non-hydrogen) atoms. The average molecular weight is 498 g/mol. The number of aliphatic carboxylic acids is 1. The lowest BCUT2D eigenvalue weighted by molar-refractivity contribution is -0.356. The van der Waals surface area contributed by atoms with Crippen molar-refractivity contribution in [3.8, 4) is 0 Å². The molecule has 1 rings (SSSR count). The Morgan fingerprint density at radius 2 is 1.42 bits per heavy atom. The first-order valence-electron chi connectivity index (χ1n) is 6.99. The molecular formula is C15H13F6IO4. The number of alkyl halides is 6. The summed E-state index contributed by atoms with van der Waals surface area (Å²) in [6.07, 6.45) is -15.5. The number of hydrogen-bond donors (Lipinski definition) is 1.